The maximum atomic E-state index is 12.5. The van der Waals surface area contributed by atoms with Gasteiger partial charge in [0.05, 0.1) is 39.9 Å². The first-order chi connectivity index (χ1) is 24.0. The minimum Gasteiger partial charge on any atom is -0.387 e. The predicted octanol–water partition coefficient (Wildman–Crippen LogP) is 11.2. The largest absolute Gasteiger partial charge is 0.472 e. The molecule has 0 spiro atoms. The molecule has 0 bridgehead atoms. The summed E-state index contributed by atoms with van der Waals surface area (Å²) in [6.07, 6.45) is 37.8. The Balaban J connectivity index is 4.05. The summed E-state index contributed by atoms with van der Waals surface area (Å²) in [6.45, 7) is 4.69. The van der Waals surface area contributed by atoms with Gasteiger partial charge in [-0.2, -0.15) is 0 Å². The Bertz CT molecular complexity index is 834. The van der Waals surface area contributed by atoms with Gasteiger partial charge in [0.1, 0.15) is 13.2 Å². The van der Waals surface area contributed by atoms with Crippen LogP contribution in [0.25, 0.3) is 0 Å². The molecule has 50 heavy (non-hydrogen) atoms. The zero-order valence-corrected chi connectivity index (χ0v) is 34.5. The van der Waals surface area contributed by atoms with Crippen LogP contribution in [0, 0.1) is 0 Å². The molecule has 3 atom stereocenters. The molecule has 0 rings (SSSR count). The number of allylic oxidation sites excluding steroid dienone is 1. The Morgan fingerprint density at radius 1 is 0.660 bits per heavy atom. The number of aliphatic hydroxyl groups is 1. The molecule has 0 radical (unpaired) electrons. The first kappa shape index (κ1) is 49.2. The molecule has 3 N–H and O–H groups in total. The number of hydrogen-bond acceptors (Lipinski definition) is 5. The fourth-order valence-electron chi connectivity index (χ4n) is 6.10. The Hall–Kier alpha value is -0.760. The summed E-state index contributed by atoms with van der Waals surface area (Å²) < 4.78 is 23.3. The monoisotopic (exact) mass is 732 g/mol. The molecule has 0 heterocycles. The molecule has 0 aromatic carbocycles. The molecule has 0 saturated carbocycles. The van der Waals surface area contributed by atoms with Crippen LogP contribution in [0.1, 0.15) is 194 Å². The number of likely N-dealkylation sites (N-methyl/N-ethyl adjacent to an activating group) is 1. The van der Waals surface area contributed by atoms with Crippen molar-refractivity contribution in [3.63, 3.8) is 0 Å². The number of amides is 1. The Morgan fingerprint density at radius 3 is 1.48 bits per heavy atom. The second-order valence-corrected chi connectivity index (χ2v) is 17.2. The second-order valence-electron chi connectivity index (χ2n) is 15.7. The highest BCUT2D eigenvalue weighted by molar-refractivity contribution is 7.47. The summed E-state index contributed by atoms with van der Waals surface area (Å²) in [7, 11) is 1.57. The van der Waals surface area contributed by atoms with Gasteiger partial charge in [-0.15, -0.1) is 0 Å². The summed E-state index contributed by atoms with van der Waals surface area (Å²) >= 11 is 0. The van der Waals surface area contributed by atoms with Crippen molar-refractivity contribution in [2.75, 3.05) is 40.9 Å². The highest BCUT2D eigenvalue weighted by atomic mass is 31.2. The van der Waals surface area contributed by atoms with Crippen LogP contribution in [0.3, 0.4) is 0 Å². The molecule has 0 fully saturated rings. The molecular weight excluding hydrogens is 647 g/mol. The zero-order valence-electron chi connectivity index (χ0n) is 33.7. The van der Waals surface area contributed by atoms with Crippen LogP contribution < -0.4 is 5.32 Å². The van der Waals surface area contributed by atoms with Crippen molar-refractivity contribution in [2.24, 2.45) is 0 Å². The van der Waals surface area contributed by atoms with E-state index in [1.165, 1.54) is 135 Å². The van der Waals surface area contributed by atoms with E-state index in [-0.39, 0.29) is 19.1 Å². The van der Waals surface area contributed by atoms with Crippen LogP contribution in [-0.2, 0) is 18.4 Å². The van der Waals surface area contributed by atoms with Crippen LogP contribution in [0.4, 0.5) is 0 Å². The standard InChI is InChI=1S/C41H83N2O6P/c1-6-8-10-12-13-14-15-16-17-18-19-20-21-22-23-24-25-26-27-28-29-30-31-32-34-40(44)39(42-41(45)35-33-11-9-7-2)38-49-50(46,47)48-37-36-43(3,4)5/h32,34,39-40,44H,6-31,33,35-38H2,1-5H3,(H-,42,45,46,47)/p+1/b34-32+. The lowest BCUT2D eigenvalue weighted by Crippen LogP contribution is -2.45. The number of phosphoric ester groups is 1. The number of carbonyl (C=O) groups is 1. The molecule has 0 aliphatic heterocycles. The van der Waals surface area contributed by atoms with E-state index in [2.05, 4.69) is 19.2 Å². The van der Waals surface area contributed by atoms with E-state index < -0.39 is 20.0 Å². The minimum absolute atomic E-state index is 0.0632. The molecule has 0 saturated heterocycles. The smallest absolute Gasteiger partial charge is 0.387 e. The summed E-state index contributed by atoms with van der Waals surface area (Å²) in [6, 6.07) is -0.836. The van der Waals surface area contributed by atoms with E-state index in [0.29, 0.717) is 17.4 Å². The van der Waals surface area contributed by atoms with Crippen molar-refractivity contribution in [2.45, 2.75) is 206 Å². The molecule has 298 valence electrons. The van der Waals surface area contributed by atoms with Crippen LogP contribution in [-0.4, -0.2) is 73.4 Å². The molecular formula is C41H84N2O6P+. The maximum absolute atomic E-state index is 12.5. The SMILES string of the molecule is CCCCCCCCCCCCCCCCCCCCCCCC/C=C/C(O)C(COP(=O)(O)OCC[N+](C)(C)C)NC(=O)CCCCCC. The van der Waals surface area contributed by atoms with Crippen LogP contribution in [0.15, 0.2) is 12.2 Å². The highest BCUT2D eigenvalue weighted by Crippen LogP contribution is 2.43. The van der Waals surface area contributed by atoms with Crippen molar-refractivity contribution < 1.29 is 32.9 Å². The molecule has 0 aromatic rings. The number of unbranched alkanes of at least 4 members (excludes halogenated alkanes) is 25. The van der Waals surface area contributed by atoms with Crippen LogP contribution in [0.2, 0.25) is 0 Å². The van der Waals surface area contributed by atoms with Gasteiger partial charge < -0.3 is 19.8 Å². The highest BCUT2D eigenvalue weighted by Gasteiger charge is 2.27. The summed E-state index contributed by atoms with van der Waals surface area (Å²) in [4.78, 5) is 22.7. The van der Waals surface area contributed by atoms with Crippen molar-refractivity contribution in [3.8, 4) is 0 Å². The topological polar surface area (TPSA) is 105 Å². The van der Waals surface area contributed by atoms with Gasteiger partial charge in [-0.1, -0.05) is 180 Å². The van der Waals surface area contributed by atoms with E-state index in [1.807, 2.05) is 27.2 Å². The number of phosphoric acid groups is 1. The van der Waals surface area contributed by atoms with Crippen molar-refractivity contribution in [3.05, 3.63) is 12.2 Å². The average molecular weight is 732 g/mol. The van der Waals surface area contributed by atoms with E-state index in [9.17, 15) is 19.4 Å². The normalized spacial score (nSPS) is 14.6. The third-order valence-corrected chi connectivity index (χ3v) is 10.5. The van der Waals surface area contributed by atoms with Crippen molar-refractivity contribution >= 4 is 13.7 Å². The molecule has 3 unspecified atom stereocenters. The lowest BCUT2D eigenvalue weighted by molar-refractivity contribution is -0.870. The quantitative estimate of drug-likeness (QED) is 0.0253. The van der Waals surface area contributed by atoms with Gasteiger partial charge in [0.2, 0.25) is 5.91 Å². The van der Waals surface area contributed by atoms with Gasteiger partial charge in [-0.25, -0.2) is 4.57 Å². The molecule has 0 aliphatic rings. The number of nitrogens with one attached hydrogen (secondary N) is 1. The first-order valence-electron chi connectivity index (χ1n) is 21.1. The fourth-order valence-corrected chi connectivity index (χ4v) is 6.84. The van der Waals surface area contributed by atoms with Gasteiger partial charge in [0.25, 0.3) is 0 Å². The molecule has 0 aliphatic carbocycles. The number of aliphatic hydroxyl groups excluding tert-OH is 1. The van der Waals surface area contributed by atoms with E-state index in [1.54, 1.807) is 6.08 Å². The summed E-state index contributed by atoms with van der Waals surface area (Å²) in [5, 5.41) is 13.6. The van der Waals surface area contributed by atoms with Gasteiger partial charge in [-0.05, 0) is 19.3 Å². The number of rotatable bonds is 38. The van der Waals surface area contributed by atoms with E-state index >= 15 is 0 Å². The van der Waals surface area contributed by atoms with Crippen molar-refractivity contribution in [1.82, 2.24) is 5.32 Å². The lowest BCUT2D eigenvalue weighted by atomic mass is 10.0. The first-order valence-corrected chi connectivity index (χ1v) is 22.6. The third-order valence-electron chi connectivity index (χ3n) is 9.51. The average Bonchev–Trinajstić information content (AvgIpc) is 3.06. The second kappa shape index (κ2) is 34.0. The minimum atomic E-state index is -4.31. The van der Waals surface area contributed by atoms with Crippen LogP contribution >= 0.6 is 7.82 Å². The number of carbonyl (C=O) groups excluding carboxylic acids is 1. The Morgan fingerprint density at radius 2 is 1.06 bits per heavy atom. The predicted molar refractivity (Wildman–Crippen MR) is 212 cm³/mol. The van der Waals surface area contributed by atoms with Gasteiger partial charge in [0.15, 0.2) is 0 Å². The summed E-state index contributed by atoms with van der Waals surface area (Å²) in [5.74, 6) is -0.194. The lowest BCUT2D eigenvalue weighted by Gasteiger charge is -2.25. The number of nitrogens with zero attached hydrogens (tertiary/aromatic N) is 1. The number of quaternary nitrogens is 1. The molecule has 8 nitrogen and oxygen atoms in total. The van der Waals surface area contributed by atoms with Gasteiger partial charge >= 0.3 is 7.82 Å². The van der Waals surface area contributed by atoms with E-state index in [4.69, 9.17) is 9.05 Å². The molecule has 9 heteroatoms. The summed E-state index contributed by atoms with van der Waals surface area (Å²) in [5.41, 5.74) is 0. The molecule has 0 aromatic heterocycles. The third kappa shape index (κ3) is 35.6. The number of hydrogen-bond donors (Lipinski definition) is 3. The molecule has 1 amide bonds. The van der Waals surface area contributed by atoms with Crippen LogP contribution in [0.5, 0.6) is 0 Å². The van der Waals surface area contributed by atoms with Crippen molar-refractivity contribution in [1.29, 1.82) is 0 Å². The van der Waals surface area contributed by atoms with E-state index in [0.717, 1.165) is 38.5 Å². The zero-order chi connectivity index (χ0) is 37.2. The Kier molecular flexibility index (Phi) is 33.5. The van der Waals surface area contributed by atoms with Gasteiger partial charge in [0, 0.05) is 6.42 Å². The Labute approximate surface area is 310 Å². The maximum Gasteiger partial charge on any atom is 0.472 e. The van der Waals surface area contributed by atoms with Gasteiger partial charge in [-0.3, -0.25) is 13.8 Å². The fraction of sp³-hybridized carbons (Fsp3) is 0.927.